The molecule has 0 bridgehead atoms. The number of nitrogens with zero attached hydrogens (tertiary/aromatic N) is 3. The minimum atomic E-state index is -4.01. The first-order chi connectivity index (χ1) is 8.12. The Morgan fingerprint density at radius 1 is 1.29 bits per heavy atom. The van der Waals surface area contributed by atoms with Crippen molar-refractivity contribution in [3.63, 3.8) is 0 Å². The highest BCUT2D eigenvalue weighted by molar-refractivity contribution is 7.82. The third-order valence-corrected chi connectivity index (χ3v) is 3.18. The van der Waals surface area contributed by atoms with Gasteiger partial charge in [0.15, 0.2) is 0 Å². The third-order valence-electron chi connectivity index (χ3n) is 2.25. The van der Waals surface area contributed by atoms with Crippen LogP contribution in [0.2, 0.25) is 0 Å². The van der Waals surface area contributed by atoms with Crippen LogP contribution in [-0.4, -0.2) is 21.1 Å². The van der Waals surface area contributed by atoms with E-state index >= 15 is 0 Å². The molecule has 1 heterocycles. The number of rotatable bonds is 3. The second-order valence-electron chi connectivity index (χ2n) is 3.38. The fourth-order valence-corrected chi connectivity index (χ4v) is 2.57. The van der Waals surface area contributed by atoms with Crippen LogP contribution >= 0.6 is 0 Å². The lowest BCUT2D eigenvalue weighted by molar-refractivity contribution is 0.164. The molecule has 7 nitrogen and oxygen atoms in total. The largest absolute Gasteiger partial charge is 0.400 e. The van der Waals surface area contributed by atoms with Gasteiger partial charge < -0.3 is 0 Å². The van der Waals surface area contributed by atoms with E-state index in [1.807, 2.05) is 0 Å². The van der Waals surface area contributed by atoms with E-state index in [0.29, 0.717) is 5.56 Å². The molecule has 2 atom stereocenters. The SMILES string of the molecule is [N-]=[N+]=NC[C@H]1OS(=O)(=O)O[C@@H]1c1ccccc1. The molecular weight excluding hydrogens is 246 g/mol. The molecule has 1 fully saturated rings. The predicted molar refractivity (Wildman–Crippen MR) is 58.1 cm³/mol. The second kappa shape index (κ2) is 4.72. The van der Waals surface area contributed by atoms with Gasteiger partial charge in [-0.1, -0.05) is 35.4 Å². The molecule has 1 aromatic carbocycles. The summed E-state index contributed by atoms with van der Waals surface area (Å²) in [5.74, 6) is 0. The van der Waals surface area contributed by atoms with Crippen molar-refractivity contribution in [3.05, 3.63) is 46.3 Å². The Morgan fingerprint density at radius 3 is 2.65 bits per heavy atom. The summed E-state index contributed by atoms with van der Waals surface area (Å²) >= 11 is 0. The first-order valence-electron chi connectivity index (χ1n) is 4.80. The fraction of sp³-hybridized carbons (Fsp3) is 0.333. The minimum absolute atomic E-state index is 0.102. The smallest absolute Gasteiger partial charge is 0.242 e. The Labute approximate surface area is 97.9 Å². The maximum absolute atomic E-state index is 11.2. The zero-order chi connectivity index (χ0) is 12.3. The van der Waals surface area contributed by atoms with Crippen LogP contribution in [0.15, 0.2) is 35.4 Å². The van der Waals surface area contributed by atoms with Gasteiger partial charge in [0.2, 0.25) is 0 Å². The van der Waals surface area contributed by atoms with Crippen LogP contribution in [0.4, 0.5) is 0 Å². The molecule has 2 rings (SSSR count). The van der Waals surface area contributed by atoms with Crippen molar-refractivity contribution in [1.82, 2.24) is 0 Å². The maximum Gasteiger partial charge on any atom is 0.400 e. The second-order valence-corrected chi connectivity index (χ2v) is 4.59. The van der Waals surface area contributed by atoms with E-state index < -0.39 is 22.6 Å². The van der Waals surface area contributed by atoms with Crippen molar-refractivity contribution >= 4 is 10.4 Å². The van der Waals surface area contributed by atoms with Crippen LogP contribution in [0, 0.1) is 0 Å². The highest BCUT2D eigenvalue weighted by Crippen LogP contribution is 2.33. The summed E-state index contributed by atoms with van der Waals surface area (Å²) in [7, 11) is -4.01. The van der Waals surface area contributed by atoms with Crippen molar-refractivity contribution in [2.45, 2.75) is 12.2 Å². The van der Waals surface area contributed by atoms with Crippen LogP contribution in [0.5, 0.6) is 0 Å². The van der Waals surface area contributed by atoms with Crippen LogP contribution in [-0.2, 0) is 18.8 Å². The molecule has 1 aromatic rings. The zero-order valence-electron chi connectivity index (χ0n) is 8.63. The van der Waals surface area contributed by atoms with Gasteiger partial charge in [0.1, 0.15) is 12.2 Å². The van der Waals surface area contributed by atoms with E-state index in [1.165, 1.54) is 0 Å². The molecule has 1 saturated heterocycles. The Bertz CT molecular complexity index is 539. The number of hydrogen-bond acceptors (Lipinski definition) is 5. The molecule has 1 aliphatic heterocycles. The van der Waals surface area contributed by atoms with E-state index in [9.17, 15) is 8.42 Å². The number of azide groups is 1. The normalized spacial score (nSPS) is 26.4. The van der Waals surface area contributed by atoms with E-state index in [4.69, 9.17) is 13.9 Å². The first kappa shape index (κ1) is 11.9. The average molecular weight is 255 g/mol. The van der Waals surface area contributed by atoms with Gasteiger partial charge in [0, 0.05) is 4.91 Å². The highest BCUT2D eigenvalue weighted by atomic mass is 32.3. The molecule has 8 heteroatoms. The summed E-state index contributed by atoms with van der Waals surface area (Å²) in [5, 5.41) is 3.31. The molecular formula is C9H9N3O4S. The summed E-state index contributed by atoms with van der Waals surface area (Å²) in [5.41, 5.74) is 8.89. The van der Waals surface area contributed by atoms with Crippen molar-refractivity contribution in [1.29, 1.82) is 0 Å². The lowest BCUT2D eigenvalue weighted by Gasteiger charge is -2.12. The van der Waals surface area contributed by atoms with Gasteiger partial charge in [0.25, 0.3) is 0 Å². The molecule has 90 valence electrons. The van der Waals surface area contributed by atoms with Gasteiger partial charge in [-0.15, -0.1) is 0 Å². The molecule has 0 saturated carbocycles. The molecule has 0 spiro atoms. The van der Waals surface area contributed by atoms with E-state index in [0.717, 1.165) is 0 Å². The maximum atomic E-state index is 11.2. The van der Waals surface area contributed by atoms with Crippen molar-refractivity contribution in [3.8, 4) is 0 Å². The van der Waals surface area contributed by atoms with Crippen LogP contribution in [0.3, 0.4) is 0 Å². The summed E-state index contributed by atoms with van der Waals surface area (Å²) < 4.78 is 31.9. The van der Waals surface area contributed by atoms with Crippen LogP contribution in [0.25, 0.3) is 10.4 Å². The lowest BCUT2D eigenvalue weighted by atomic mass is 10.1. The molecule has 0 radical (unpaired) electrons. The number of benzene rings is 1. The lowest BCUT2D eigenvalue weighted by Crippen LogP contribution is -2.18. The minimum Gasteiger partial charge on any atom is -0.242 e. The zero-order valence-corrected chi connectivity index (χ0v) is 9.45. The van der Waals surface area contributed by atoms with E-state index in [-0.39, 0.29) is 6.54 Å². The summed E-state index contributed by atoms with van der Waals surface area (Å²) in [6.07, 6.45) is -1.59. The average Bonchev–Trinajstić information content (AvgIpc) is 2.63. The van der Waals surface area contributed by atoms with Crippen molar-refractivity contribution in [2.75, 3.05) is 6.54 Å². The fourth-order valence-electron chi connectivity index (χ4n) is 1.57. The predicted octanol–water partition coefficient (Wildman–Crippen LogP) is 1.70. The molecule has 17 heavy (non-hydrogen) atoms. The Balaban J connectivity index is 2.27. The Kier molecular flexibility index (Phi) is 3.30. The van der Waals surface area contributed by atoms with Crippen LogP contribution in [0.1, 0.15) is 11.7 Å². The first-order valence-corrected chi connectivity index (χ1v) is 6.13. The van der Waals surface area contributed by atoms with Gasteiger partial charge in [-0.25, -0.2) is 8.37 Å². The molecule has 0 N–H and O–H groups in total. The highest BCUT2D eigenvalue weighted by Gasteiger charge is 2.40. The van der Waals surface area contributed by atoms with Crippen molar-refractivity contribution in [2.24, 2.45) is 5.11 Å². The van der Waals surface area contributed by atoms with Gasteiger partial charge in [-0.3, -0.25) is 0 Å². The van der Waals surface area contributed by atoms with Gasteiger partial charge >= 0.3 is 10.4 Å². The Hall–Kier alpha value is -1.60. The molecule has 0 amide bonds. The van der Waals surface area contributed by atoms with E-state index in [2.05, 4.69) is 10.0 Å². The van der Waals surface area contributed by atoms with Crippen LogP contribution < -0.4 is 0 Å². The van der Waals surface area contributed by atoms with E-state index in [1.54, 1.807) is 30.3 Å². The van der Waals surface area contributed by atoms with Gasteiger partial charge in [-0.05, 0) is 11.1 Å². The third kappa shape index (κ3) is 2.75. The Morgan fingerprint density at radius 2 is 2.00 bits per heavy atom. The quantitative estimate of drug-likeness (QED) is 0.466. The number of hydrogen-bond donors (Lipinski definition) is 0. The van der Waals surface area contributed by atoms with Gasteiger partial charge in [0.05, 0.1) is 6.54 Å². The van der Waals surface area contributed by atoms with Gasteiger partial charge in [-0.2, -0.15) is 8.42 Å². The van der Waals surface area contributed by atoms with Crippen molar-refractivity contribution < 1.29 is 16.8 Å². The monoisotopic (exact) mass is 255 g/mol. The molecule has 1 aliphatic rings. The molecule has 0 aliphatic carbocycles. The summed E-state index contributed by atoms with van der Waals surface area (Å²) in [6.45, 7) is -0.102. The molecule has 0 aromatic heterocycles. The summed E-state index contributed by atoms with van der Waals surface area (Å²) in [4.78, 5) is 2.57. The topological polar surface area (TPSA) is 101 Å². The molecule has 0 unspecified atom stereocenters. The standard InChI is InChI=1S/C9H9N3O4S/c10-12-11-6-8-9(16-17(13,14)15-8)7-4-2-1-3-5-7/h1-5,8-9H,6H2/t8-,9-/m1/s1. The summed E-state index contributed by atoms with van der Waals surface area (Å²) in [6, 6.07) is 8.76.